The van der Waals surface area contributed by atoms with Crippen LogP contribution in [0, 0.1) is 11.8 Å². The number of likely N-dealkylation sites (tertiary alicyclic amines) is 1. The molecular weight excluding hydrogens is 268 g/mol. The summed E-state index contributed by atoms with van der Waals surface area (Å²) in [6, 6.07) is 7.98. The van der Waals surface area contributed by atoms with Gasteiger partial charge in [0.15, 0.2) is 0 Å². The van der Waals surface area contributed by atoms with Gasteiger partial charge in [-0.1, -0.05) is 25.1 Å². The molecule has 2 aliphatic rings. The van der Waals surface area contributed by atoms with Crippen LogP contribution in [-0.2, 0) is 16.0 Å². The van der Waals surface area contributed by atoms with Gasteiger partial charge in [0.1, 0.15) is 0 Å². The van der Waals surface area contributed by atoms with E-state index in [1.54, 1.807) is 0 Å². The third-order valence-corrected chi connectivity index (χ3v) is 4.55. The molecule has 1 fully saturated rings. The largest absolute Gasteiger partial charge is 0.481 e. The van der Waals surface area contributed by atoms with Crippen LogP contribution in [0.3, 0.4) is 0 Å². The van der Waals surface area contributed by atoms with E-state index in [0.717, 1.165) is 18.7 Å². The number of aliphatic carboxylic acids is 1. The van der Waals surface area contributed by atoms with E-state index in [0.29, 0.717) is 19.6 Å². The minimum atomic E-state index is -0.760. The summed E-state index contributed by atoms with van der Waals surface area (Å²) in [7, 11) is 0. The van der Waals surface area contributed by atoms with Gasteiger partial charge in [-0.3, -0.25) is 14.5 Å². The first-order valence-corrected chi connectivity index (χ1v) is 7.39. The number of anilines is 1. The highest BCUT2D eigenvalue weighted by atomic mass is 16.4. The van der Waals surface area contributed by atoms with Gasteiger partial charge in [0.2, 0.25) is 5.91 Å². The highest BCUT2D eigenvalue weighted by molar-refractivity contribution is 5.96. The number of amides is 1. The number of para-hydroxylation sites is 1. The molecule has 5 heteroatoms. The first-order valence-electron chi connectivity index (χ1n) is 7.39. The van der Waals surface area contributed by atoms with Crippen LogP contribution < -0.4 is 4.90 Å². The molecule has 5 nitrogen and oxygen atoms in total. The average molecular weight is 288 g/mol. The number of carbonyl (C=O) groups excluding carboxylic acids is 1. The van der Waals surface area contributed by atoms with Gasteiger partial charge in [-0.2, -0.15) is 0 Å². The lowest BCUT2D eigenvalue weighted by Gasteiger charge is -2.21. The van der Waals surface area contributed by atoms with E-state index < -0.39 is 5.97 Å². The van der Waals surface area contributed by atoms with Crippen LogP contribution in [0.25, 0.3) is 0 Å². The lowest BCUT2D eigenvalue weighted by Crippen LogP contribution is -2.39. The van der Waals surface area contributed by atoms with Crippen LogP contribution in [0.5, 0.6) is 0 Å². The molecule has 112 valence electrons. The van der Waals surface area contributed by atoms with Crippen molar-refractivity contribution in [1.82, 2.24) is 4.90 Å². The van der Waals surface area contributed by atoms with Crippen molar-refractivity contribution in [3.63, 3.8) is 0 Å². The Kier molecular flexibility index (Phi) is 3.68. The van der Waals surface area contributed by atoms with Gasteiger partial charge in [0.05, 0.1) is 12.5 Å². The van der Waals surface area contributed by atoms with Crippen molar-refractivity contribution in [2.24, 2.45) is 11.8 Å². The Balaban J connectivity index is 1.65. The van der Waals surface area contributed by atoms with Crippen molar-refractivity contribution in [3.8, 4) is 0 Å². The summed E-state index contributed by atoms with van der Waals surface area (Å²) in [6.07, 6.45) is 0.899. The minimum Gasteiger partial charge on any atom is -0.481 e. The smallest absolute Gasteiger partial charge is 0.308 e. The number of fused-ring (bicyclic) bond motifs is 1. The maximum atomic E-state index is 12.5. The third-order valence-electron chi connectivity index (χ3n) is 4.55. The van der Waals surface area contributed by atoms with Crippen molar-refractivity contribution in [2.45, 2.75) is 13.3 Å². The molecule has 0 aliphatic carbocycles. The molecule has 3 rings (SSSR count). The zero-order valence-corrected chi connectivity index (χ0v) is 12.2. The van der Waals surface area contributed by atoms with Gasteiger partial charge in [0.25, 0.3) is 0 Å². The van der Waals surface area contributed by atoms with Crippen LogP contribution in [0.15, 0.2) is 24.3 Å². The number of hydrogen-bond acceptors (Lipinski definition) is 3. The van der Waals surface area contributed by atoms with Gasteiger partial charge < -0.3 is 10.0 Å². The second-order valence-electron chi connectivity index (χ2n) is 6.04. The highest BCUT2D eigenvalue weighted by Crippen LogP contribution is 2.28. The van der Waals surface area contributed by atoms with E-state index >= 15 is 0 Å². The zero-order chi connectivity index (χ0) is 15.0. The molecule has 0 radical (unpaired) electrons. The molecule has 0 spiro atoms. The lowest BCUT2D eigenvalue weighted by atomic mass is 9.99. The molecule has 1 aromatic carbocycles. The van der Waals surface area contributed by atoms with Crippen molar-refractivity contribution in [3.05, 3.63) is 29.8 Å². The number of carbonyl (C=O) groups is 2. The molecule has 2 unspecified atom stereocenters. The molecule has 1 N–H and O–H groups in total. The predicted octanol–water partition coefficient (Wildman–Crippen LogP) is 1.23. The summed E-state index contributed by atoms with van der Waals surface area (Å²) in [4.78, 5) is 27.4. The number of benzene rings is 1. The molecule has 2 heterocycles. The van der Waals surface area contributed by atoms with Crippen LogP contribution in [0.4, 0.5) is 5.69 Å². The molecule has 0 aromatic heterocycles. The Hall–Kier alpha value is -1.88. The lowest BCUT2D eigenvalue weighted by molar-refractivity contribution is -0.142. The molecule has 2 atom stereocenters. The molecule has 0 bridgehead atoms. The number of nitrogens with zero attached hydrogens (tertiary/aromatic N) is 2. The van der Waals surface area contributed by atoms with Gasteiger partial charge in [-0.05, 0) is 24.0 Å². The fourth-order valence-electron chi connectivity index (χ4n) is 3.39. The van der Waals surface area contributed by atoms with Crippen molar-refractivity contribution < 1.29 is 14.7 Å². The molecule has 1 aromatic rings. The summed E-state index contributed by atoms with van der Waals surface area (Å²) in [5, 5.41) is 9.16. The van der Waals surface area contributed by atoms with E-state index in [1.807, 2.05) is 34.9 Å². The Morgan fingerprint density at radius 1 is 1.29 bits per heavy atom. The summed E-state index contributed by atoms with van der Waals surface area (Å²) < 4.78 is 0. The normalized spacial score (nSPS) is 25.1. The standard InChI is InChI=1S/C16H20N2O3/c1-11-8-17(9-13(11)16(20)21)10-15(19)18-7-6-12-4-2-3-5-14(12)18/h2-5,11,13H,6-10H2,1H3,(H,20,21). The fourth-order valence-corrected chi connectivity index (χ4v) is 3.39. The summed E-state index contributed by atoms with van der Waals surface area (Å²) in [5.41, 5.74) is 2.22. The maximum absolute atomic E-state index is 12.5. The van der Waals surface area contributed by atoms with Gasteiger partial charge in [-0.15, -0.1) is 0 Å². The highest BCUT2D eigenvalue weighted by Gasteiger charge is 2.36. The van der Waals surface area contributed by atoms with E-state index in [2.05, 4.69) is 6.07 Å². The Bertz CT molecular complexity index is 572. The number of carboxylic acids is 1. The van der Waals surface area contributed by atoms with Crippen LogP contribution in [-0.4, -0.2) is 48.1 Å². The van der Waals surface area contributed by atoms with E-state index in [4.69, 9.17) is 5.11 Å². The number of hydrogen-bond donors (Lipinski definition) is 1. The Morgan fingerprint density at radius 2 is 2.05 bits per heavy atom. The first-order chi connectivity index (χ1) is 10.1. The third kappa shape index (κ3) is 2.65. The van der Waals surface area contributed by atoms with Crippen molar-refractivity contribution in [1.29, 1.82) is 0 Å². The van der Waals surface area contributed by atoms with Gasteiger partial charge in [-0.25, -0.2) is 0 Å². The molecule has 0 saturated carbocycles. The molecular formula is C16H20N2O3. The van der Waals surface area contributed by atoms with Crippen LogP contribution in [0.2, 0.25) is 0 Å². The minimum absolute atomic E-state index is 0.0678. The fraction of sp³-hybridized carbons (Fsp3) is 0.500. The van der Waals surface area contributed by atoms with Crippen molar-refractivity contribution in [2.75, 3.05) is 31.1 Å². The van der Waals surface area contributed by atoms with Crippen LogP contribution in [0.1, 0.15) is 12.5 Å². The summed E-state index contributed by atoms with van der Waals surface area (Å²) in [6.45, 7) is 4.12. The first kappa shape index (κ1) is 14.1. The topological polar surface area (TPSA) is 60.9 Å². The second-order valence-corrected chi connectivity index (χ2v) is 6.04. The second kappa shape index (κ2) is 5.48. The molecule has 1 amide bonds. The van der Waals surface area contributed by atoms with E-state index in [9.17, 15) is 9.59 Å². The van der Waals surface area contributed by atoms with Gasteiger partial charge in [0, 0.05) is 25.3 Å². The summed E-state index contributed by atoms with van der Waals surface area (Å²) >= 11 is 0. The maximum Gasteiger partial charge on any atom is 0.308 e. The quantitative estimate of drug-likeness (QED) is 0.908. The zero-order valence-electron chi connectivity index (χ0n) is 12.2. The number of rotatable bonds is 3. The molecule has 2 aliphatic heterocycles. The Morgan fingerprint density at radius 3 is 2.76 bits per heavy atom. The van der Waals surface area contributed by atoms with Crippen LogP contribution >= 0.6 is 0 Å². The summed E-state index contributed by atoms with van der Waals surface area (Å²) in [5.74, 6) is -0.952. The molecule has 21 heavy (non-hydrogen) atoms. The average Bonchev–Trinajstić information content (AvgIpc) is 3.02. The van der Waals surface area contributed by atoms with E-state index in [1.165, 1.54) is 5.56 Å². The van der Waals surface area contributed by atoms with E-state index in [-0.39, 0.29) is 17.7 Å². The predicted molar refractivity (Wildman–Crippen MR) is 79.2 cm³/mol. The van der Waals surface area contributed by atoms with Gasteiger partial charge >= 0.3 is 5.97 Å². The Labute approximate surface area is 124 Å². The number of carboxylic acid groups (broad SMARTS) is 1. The molecule has 1 saturated heterocycles. The SMILES string of the molecule is CC1CN(CC(=O)N2CCc3ccccc32)CC1C(=O)O. The van der Waals surface area contributed by atoms with Crippen molar-refractivity contribution >= 4 is 17.6 Å². The monoisotopic (exact) mass is 288 g/mol.